The number of nitrogens with one attached hydrogen (secondary N) is 1. The average Bonchev–Trinajstić information content (AvgIpc) is 3.17. The van der Waals surface area contributed by atoms with Crippen molar-refractivity contribution in [2.24, 2.45) is 4.40 Å². The van der Waals surface area contributed by atoms with Crippen LogP contribution in [0.4, 0.5) is 0 Å². The van der Waals surface area contributed by atoms with E-state index in [1.54, 1.807) is 23.3 Å². The van der Waals surface area contributed by atoms with Gasteiger partial charge in [-0.3, -0.25) is 4.79 Å². The summed E-state index contributed by atoms with van der Waals surface area (Å²) >= 11 is 0. The Balaban J connectivity index is 1.34. The highest BCUT2D eigenvalue weighted by Gasteiger charge is 2.30. The number of hydrogen-bond acceptors (Lipinski definition) is 5. The van der Waals surface area contributed by atoms with Crippen LogP contribution in [0.25, 0.3) is 11.0 Å². The minimum atomic E-state index is -3.40. The zero-order chi connectivity index (χ0) is 20.0. The molecule has 3 aliphatic heterocycles. The summed E-state index contributed by atoms with van der Waals surface area (Å²) in [6, 6.07) is 7.94. The fourth-order valence-electron chi connectivity index (χ4n) is 4.06. The zero-order valence-corrected chi connectivity index (χ0v) is 16.6. The fraction of sp³-hybridized carbons (Fsp3) is 0.350. The van der Waals surface area contributed by atoms with Crippen LogP contribution in [0.5, 0.6) is 0 Å². The first kappa shape index (κ1) is 18.1. The summed E-state index contributed by atoms with van der Waals surface area (Å²) in [4.78, 5) is 24.8. The van der Waals surface area contributed by atoms with Gasteiger partial charge in [-0.05, 0) is 37.1 Å². The molecule has 1 aromatic carbocycles. The number of benzene rings is 1. The number of aromatic nitrogens is 2. The molecule has 1 aromatic heterocycles. The number of amidine groups is 1. The smallest absolute Gasteiger partial charge is 0.256 e. The monoisotopic (exact) mass is 411 g/mol. The van der Waals surface area contributed by atoms with Gasteiger partial charge in [-0.25, -0.2) is 13.4 Å². The first-order valence-electron chi connectivity index (χ1n) is 9.72. The molecule has 9 heteroatoms. The van der Waals surface area contributed by atoms with Gasteiger partial charge in [0.1, 0.15) is 11.7 Å². The summed E-state index contributed by atoms with van der Waals surface area (Å²) in [5.74, 6) is 1.37. The van der Waals surface area contributed by atoms with E-state index in [1.807, 2.05) is 29.2 Å². The van der Waals surface area contributed by atoms with Gasteiger partial charge < -0.3 is 14.8 Å². The molecule has 3 aliphatic rings. The Morgan fingerprint density at radius 1 is 1.17 bits per heavy atom. The molecule has 1 saturated heterocycles. The molecule has 29 heavy (non-hydrogen) atoms. The number of nitrogens with zero attached hydrogens (tertiary/aromatic N) is 4. The Labute approximate surface area is 168 Å². The third kappa shape index (κ3) is 3.46. The summed E-state index contributed by atoms with van der Waals surface area (Å²) in [7, 11) is -3.40. The van der Waals surface area contributed by atoms with Gasteiger partial charge >= 0.3 is 0 Å². The van der Waals surface area contributed by atoms with Crippen LogP contribution in [-0.4, -0.2) is 65.3 Å². The van der Waals surface area contributed by atoms with Gasteiger partial charge in [-0.2, -0.15) is 0 Å². The van der Waals surface area contributed by atoms with E-state index >= 15 is 0 Å². The van der Waals surface area contributed by atoms with E-state index in [2.05, 4.69) is 9.38 Å². The number of carbonyl (C=O) groups excluding carboxylic acids is 1. The topological polar surface area (TPSA) is 98.7 Å². The third-order valence-corrected chi connectivity index (χ3v) is 6.74. The van der Waals surface area contributed by atoms with Crippen molar-refractivity contribution in [2.75, 3.05) is 25.4 Å². The van der Waals surface area contributed by atoms with Crippen molar-refractivity contribution in [1.82, 2.24) is 19.8 Å². The molecular formula is C20H21N5O3S. The molecule has 1 fully saturated rings. The van der Waals surface area contributed by atoms with Crippen LogP contribution in [0, 0.1) is 0 Å². The van der Waals surface area contributed by atoms with Crippen LogP contribution in [0.3, 0.4) is 0 Å². The van der Waals surface area contributed by atoms with E-state index in [4.69, 9.17) is 4.98 Å². The standard InChI is InChI=1S/C20H21N5O3S/c26-20(15-7-8-18-23-29(27,28)11-10-24(18)13-15)25-9-3-4-14(12-25)19-21-16-5-1-2-6-17(16)22-19/h1-2,5-8,13-14H,3-4,9-12H2,(H,21,22). The zero-order valence-electron chi connectivity index (χ0n) is 15.8. The molecule has 1 unspecified atom stereocenters. The predicted octanol–water partition coefficient (Wildman–Crippen LogP) is 1.77. The number of amides is 1. The van der Waals surface area contributed by atoms with Crippen molar-refractivity contribution >= 4 is 32.8 Å². The lowest BCUT2D eigenvalue weighted by molar-refractivity contribution is -0.128. The highest BCUT2D eigenvalue weighted by Crippen LogP contribution is 2.28. The average molecular weight is 411 g/mol. The van der Waals surface area contributed by atoms with Gasteiger partial charge in [-0.1, -0.05) is 12.1 Å². The number of H-pyrrole nitrogens is 1. The second kappa shape index (κ2) is 6.84. The Kier molecular flexibility index (Phi) is 4.27. The molecule has 0 saturated carbocycles. The maximum absolute atomic E-state index is 13.1. The SMILES string of the molecule is O=C(C1=CN2CCS(=O)(=O)N=C2C=C1)N1CCCC(c2nc3ccccc3[nH]2)C1. The van der Waals surface area contributed by atoms with Gasteiger partial charge in [-0.15, -0.1) is 4.40 Å². The summed E-state index contributed by atoms with van der Waals surface area (Å²) in [6.07, 6.45) is 6.87. The molecule has 150 valence electrons. The molecule has 4 heterocycles. The number of aromatic amines is 1. The normalized spacial score (nSPS) is 23.5. The predicted molar refractivity (Wildman–Crippen MR) is 110 cm³/mol. The maximum atomic E-state index is 13.1. The second-order valence-corrected chi connectivity index (χ2v) is 9.33. The lowest BCUT2D eigenvalue weighted by Gasteiger charge is -2.33. The highest BCUT2D eigenvalue weighted by atomic mass is 32.2. The largest absolute Gasteiger partial charge is 0.342 e. The summed E-state index contributed by atoms with van der Waals surface area (Å²) in [6.45, 7) is 1.62. The van der Waals surface area contributed by atoms with Gasteiger partial charge in [0.25, 0.3) is 15.9 Å². The summed E-state index contributed by atoms with van der Waals surface area (Å²) in [5, 5.41) is 0. The third-order valence-electron chi connectivity index (χ3n) is 5.57. The number of imidazole rings is 1. The van der Waals surface area contributed by atoms with Crippen LogP contribution < -0.4 is 0 Å². The minimum absolute atomic E-state index is 0.0415. The highest BCUT2D eigenvalue weighted by molar-refractivity contribution is 7.90. The van der Waals surface area contributed by atoms with Crippen LogP contribution >= 0.6 is 0 Å². The van der Waals surface area contributed by atoms with E-state index in [-0.39, 0.29) is 17.6 Å². The lowest BCUT2D eigenvalue weighted by atomic mass is 9.96. The summed E-state index contributed by atoms with van der Waals surface area (Å²) in [5.41, 5.74) is 2.50. The summed E-state index contributed by atoms with van der Waals surface area (Å²) < 4.78 is 27.1. The van der Waals surface area contributed by atoms with Crippen molar-refractivity contribution < 1.29 is 13.2 Å². The number of fused-ring (bicyclic) bond motifs is 2. The van der Waals surface area contributed by atoms with Crippen molar-refractivity contribution in [3.63, 3.8) is 0 Å². The molecule has 0 spiro atoms. The first-order chi connectivity index (χ1) is 14.0. The van der Waals surface area contributed by atoms with Crippen LogP contribution in [0.1, 0.15) is 24.6 Å². The molecule has 0 aliphatic carbocycles. The lowest BCUT2D eigenvalue weighted by Crippen LogP contribution is -2.42. The van der Waals surface area contributed by atoms with Crippen molar-refractivity contribution in [1.29, 1.82) is 0 Å². The first-order valence-corrected chi connectivity index (χ1v) is 11.3. The number of piperidine rings is 1. The maximum Gasteiger partial charge on any atom is 0.256 e. The van der Waals surface area contributed by atoms with Crippen LogP contribution in [-0.2, 0) is 14.8 Å². The minimum Gasteiger partial charge on any atom is -0.342 e. The van der Waals surface area contributed by atoms with E-state index in [9.17, 15) is 13.2 Å². The Hall–Kier alpha value is -2.94. The van der Waals surface area contributed by atoms with Gasteiger partial charge in [0.2, 0.25) is 0 Å². The molecule has 0 bridgehead atoms. The van der Waals surface area contributed by atoms with Gasteiger partial charge in [0.05, 0.1) is 22.4 Å². The van der Waals surface area contributed by atoms with Crippen LogP contribution in [0.15, 0.2) is 52.6 Å². The molecule has 1 amide bonds. The molecule has 1 N–H and O–H groups in total. The van der Waals surface area contributed by atoms with Gasteiger partial charge in [0, 0.05) is 31.8 Å². The Morgan fingerprint density at radius 3 is 2.90 bits per heavy atom. The molecular weight excluding hydrogens is 390 g/mol. The van der Waals surface area contributed by atoms with E-state index in [1.165, 1.54) is 0 Å². The Bertz CT molecular complexity index is 1140. The molecule has 2 aromatic rings. The quantitative estimate of drug-likeness (QED) is 0.812. The van der Waals surface area contributed by atoms with E-state index < -0.39 is 10.0 Å². The van der Waals surface area contributed by atoms with Crippen molar-refractivity contribution in [3.8, 4) is 0 Å². The number of likely N-dealkylation sites (tertiary alicyclic amines) is 1. The molecule has 5 rings (SSSR count). The molecule has 0 radical (unpaired) electrons. The number of hydrogen-bond donors (Lipinski definition) is 1. The van der Waals surface area contributed by atoms with Gasteiger partial charge in [0.15, 0.2) is 0 Å². The van der Waals surface area contributed by atoms with Crippen molar-refractivity contribution in [2.45, 2.75) is 18.8 Å². The van der Waals surface area contributed by atoms with E-state index in [0.29, 0.717) is 31.0 Å². The second-order valence-electron chi connectivity index (χ2n) is 7.58. The number of para-hydroxylation sites is 2. The number of sulfonamides is 1. The fourth-order valence-corrected chi connectivity index (χ4v) is 5.03. The number of rotatable bonds is 2. The van der Waals surface area contributed by atoms with Crippen molar-refractivity contribution in [3.05, 3.63) is 54.0 Å². The molecule has 1 atom stereocenters. The Morgan fingerprint density at radius 2 is 2.03 bits per heavy atom. The van der Waals surface area contributed by atoms with E-state index in [0.717, 1.165) is 29.7 Å². The number of carbonyl (C=O) groups is 1. The van der Waals surface area contributed by atoms with Crippen LogP contribution in [0.2, 0.25) is 0 Å². The molecule has 8 nitrogen and oxygen atoms in total.